The Balaban J connectivity index is 1.49. The number of nitrogens with one attached hydrogen (secondary N) is 1. The number of nitrogens with zero attached hydrogens (tertiary/aromatic N) is 8. The lowest BCUT2D eigenvalue weighted by atomic mass is 9.97. The van der Waals surface area contributed by atoms with E-state index in [1.54, 1.807) is 0 Å². The number of fused-ring (bicyclic) bond motifs is 1. The zero-order valence-electron chi connectivity index (χ0n) is 21.9. The van der Waals surface area contributed by atoms with Gasteiger partial charge >= 0.3 is 23.6 Å². The topological polar surface area (TPSA) is 96.5 Å². The van der Waals surface area contributed by atoms with Crippen molar-refractivity contribution in [2.24, 2.45) is 10.9 Å². The van der Waals surface area contributed by atoms with Crippen LogP contribution in [0, 0.1) is 5.92 Å². The third-order valence-electron chi connectivity index (χ3n) is 6.53. The van der Waals surface area contributed by atoms with Gasteiger partial charge in [0.1, 0.15) is 17.2 Å². The summed E-state index contributed by atoms with van der Waals surface area (Å²) >= 11 is 0. The summed E-state index contributed by atoms with van der Waals surface area (Å²) in [4.78, 5) is 15.9. The smallest absolute Gasteiger partial charge is 0.355 e. The van der Waals surface area contributed by atoms with Gasteiger partial charge in [0.15, 0.2) is 5.82 Å². The number of aromatic nitrogens is 4. The molecule has 41 heavy (non-hydrogen) atoms. The lowest BCUT2D eigenvalue weighted by Crippen LogP contribution is -2.40. The second kappa shape index (κ2) is 10.9. The normalized spacial score (nSPS) is 17.0. The number of hydrogen-bond donors (Lipinski definition) is 1. The van der Waals surface area contributed by atoms with Gasteiger partial charge in [-0.1, -0.05) is 0 Å². The predicted molar refractivity (Wildman–Crippen MR) is 138 cm³/mol. The van der Waals surface area contributed by atoms with Gasteiger partial charge in [0, 0.05) is 32.0 Å². The first-order valence-electron chi connectivity index (χ1n) is 12.6. The largest absolute Gasteiger partial charge is 0.418 e. The first-order valence-corrected chi connectivity index (χ1v) is 12.6. The lowest BCUT2D eigenvalue weighted by Gasteiger charge is -2.34. The van der Waals surface area contributed by atoms with Crippen molar-refractivity contribution in [3.05, 3.63) is 64.3 Å². The minimum absolute atomic E-state index is 0.0304. The molecule has 1 saturated heterocycles. The lowest BCUT2D eigenvalue weighted by molar-refractivity contribution is -0.138. The van der Waals surface area contributed by atoms with Crippen LogP contribution in [-0.2, 0) is 12.4 Å². The second-order valence-corrected chi connectivity index (χ2v) is 9.95. The Morgan fingerprint density at radius 2 is 1.88 bits per heavy atom. The maximum absolute atomic E-state index is 14.2. The molecule has 0 saturated carbocycles. The van der Waals surface area contributed by atoms with Crippen LogP contribution in [0.4, 0.5) is 43.7 Å². The molecule has 1 N–H and O–H groups in total. The Morgan fingerprint density at radius 3 is 2.56 bits per heavy atom. The Morgan fingerprint density at radius 1 is 1.07 bits per heavy atom. The molecule has 3 aromatic heterocycles. The third kappa shape index (κ3) is 6.37. The summed E-state index contributed by atoms with van der Waals surface area (Å²) in [5.41, 5.74) is -2.54. The highest BCUT2D eigenvalue weighted by Gasteiger charge is 2.38. The van der Waals surface area contributed by atoms with Gasteiger partial charge < -0.3 is 15.1 Å². The molecule has 5 rings (SSSR count). The van der Waals surface area contributed by atoms with E-state index in [1.165, 1.54) is 12.3 Å². The highest BCUT2D eigenvalue weighted by Crippen LogP contribution is 2.36. The number of pyridine rings is 2. The SMILES string of the molecule is CN(C)CC1CCCN(c2cc(C(F)(F)F)c(C3=C=[N+]=c4c(Nc5ccc(C(F)(F)F)cn5)ccnc4=N3)nn2)C1. The van der Waals surface area contributed by atoms with Crippen molar-refractivity contribution in [3.63, 3.8) is 0 Å². The Labute approximate surface area is 229 Å². The van der Waals surface area contributed by atoms with Crippen molar-refractivity contribution in [1.82, 2.24) is 29.7 Å². The number of anilines is 3. The van der Waals surface area contributed by atoms with E-state index >= 15 is 0 Å². The summed E-state index contributed by atoms with van der Waals surface area (Å²) in [5, 5.41) is 10.9. The average molecular weight is 577 g/mol. The summed E-state index contributed by atoms with van der Waals surface area (Å²) in [7, 11) is 3.91. The molecule has 0 aliphatic carbocycles. The summed E-state index contributed by atoms with van der Waals surface area (Å²) in [6.45, 7) is 1.96. The van der Waals surface area contributed by atoms with E-state index in [-0.39, 0.29) is 33.9 Å². The zero-order valence-corrected chi connectivity index (χ0v) is 21.9. The molecule has 2 aliphatic rings. The fourth-order valence-electron chi connectivity index (χ4n) is 4.72. The van der Waals surface area contributed by atoms with Gasteiger partial charge in [0.05, 0.1) is 11.1 Å². The summed E-state index contributed by atoms with van der Waals surface area (Å²) in [5.74, 6) is 3.00. The molecular weight excluding hydrogens is 552 g/mol. The van der Waals surface area contributed by atoms with Crippen LogP contribution in [0.15, 0.2) is 41.7 Å². The van der Waals surface area contributed by atoms with Gasteiger partial charge in [-0.15, -0.1) is 10.2 Å². The highest BCUT2D eigenvalue weighted by molar-refractivity contribution is 5.89. The Kier molecular flexibility index (Phi) is 7.52. The predicted octanol–water partition coefficient (Wildman–Crippen LogP) is 2.86. The molecule has 5 heterocycles. The van der Waals surface area contributed by atoms with Crippen molar-refractivity contribution in [1.29, 1.82) is 0 Å². The molecule has 214 valence electrons. The van der Waals surface area contributed by atoms with Gasteiger partial charge in [-0.25, -0.2) is 15.0 Å². The van der Waals surface area contributed by atoms with Gasteiger partial charge in [-0.3, -0.25) is 0 Å². The highest BCUT2D eigenvalue weighted by atomic mass is 19.4. The van der Waals surface area contributed by atoms with E-state index in [1.807, 2.05) is 23.9 Å². The van der Waals surface area contributed by atoms with Gasteiger partial charge in [0.2, 0.25) is 11.2 Å². The van der Waals surface area contributed by atoms with Crippen molar-refractivity contribution >= 4 is 28.9 Å². The zero-order chi connectivity index (χ0) is 29.4. The van der Waals surface area contributed by atoms with E-state index in [2.05, 4.69) is 41.0 Å². The van der Waals surface area contributed by atoms with Crippen molar-refractivity contribution < 1.29 is 26.3 Å². The van der Waals surface area contributed by atoms with Crippen molar-refractivity contribution in [3.8, 4) is 0 Å². The fourth-order valence-corrected chi connectivity index (χ4v) is 4.72. The molecule has 0 radical (unpaired) electrons. The number of piperidine rings is 1. The summed E-state index contributed by atoms with van der Waals surface area (Å²) < 4.78 is 85.2. The average Bonchev–Trinajstić information content (AvgIpc) is 2.92. The van der Waals surface area contributed by atoms with E-state index in [0.29, 0.717) is 25.2 Å². The molecular formula is C26H24F6N9+. The first kappa shape index (κ1) is 28.2. The molecule has 9 nitrogen and oxygen atoms in total. The summed E-state index contributed by atoms with van der Waals surface area (Å²) in [6, 6.07) is 4.45. The summed E-state index contributed by atoms with van der Waals surface area (Å²) in [6.07, 6.45) is -5.48. The van der Waals surface area contributed by atoms with E-state index < -0.39 is 29.2 Å². The third-order valence-corrected chi connectivity index (χ3v) is 6.53. The molecule has 15 heteroatoms. The van der Waals surface area contributed by atoms with Crippen LogP contribution in [0.2, 0.25) is 0 Å². The van der Waals surface area contributed by atoms with Crippen LogP contribution in [0.3, 0.4) is 0 Å². The molecule has 0 aromatic carbocycles. The van der Waals surface area contributed by atoms with Crippen molar-refractivity contribution in [2.75, 3.05) is 43.9 Å². The number of hydrogen-bond acceptors (Lipinski definition) is 8. The number of alkyl halides is 6. The van der Waals surface area contributed by atoms with Crippen LogP contribution < -0.4 is 25.7 Å². The number of halogens is 6. The van der Waals surface area contributed by atoms with E-state index in [9.17, 15) is 26.3 Å². The van der Waals surface area contributed by atoms with Crippen LogP contribution in [0.25, 0.3) is 5.70 Å². The minimum atomic E-state index is -4.76. The number of rotatable bonds is 6. The molecule has 2 aliphatic heterocycles. The Hall–Kier alpha value is -4.32. The van der Waals surface area contributed by atoms with Crippen LogP contribution in [-0.4, -0.2) is 64.7 Å². The maximum Gasteiger partial charge on any atom is 0.418 e. The molecule has 0 bridgehead atoms. The van der Waals surface area contributed by atoms with Crippen LogP contribution >= 0.6 is 0 Å². The van der Waals surface area contributed by atoms with Crippen LogP contribution in [0.1, 0.15) is 29.7 Å². The molecule has 3 aromatic rings. The standard InChI is InChI=1S/C26H24F6N9/c1-40(2)13-15-4-3-9-41(14-15)21-10-17(26(30,31)32)22(39-38-21)19-12-35-23-18(7-8-33-24(23)37-19)36-20-6-5-16(11-34-20)25(27,28)29/h5-8,10-11,15H,3-4,9,13-14H2,1-2H3,(H,33,34,36,37)/q+1. The van der Waals surface area contributed by atoms with Crippen molar-refractivity contribution in [2.45, 2.75) is 25.2 Å². The molecule has 1 fully saturated rings. The van der Waals surface area contributed by atoms with E-state index in [0.717, 1.165) is 37.6 Å². The van der Waals surface area contributed by atoms with Gasteiger partial charge in [-0.2, -0.15) is 26.3 Å². The first-order chi connectivity index (χ1) is 19.4. The minimum Gasteiger partial charge on any atom is -0.355 e. The van der Waals surface area contributed by atoms with Gasteiger partial charge in [-0.05, 0) is 61.8 Å². The quantitative estimate of drug-likeness (QED) is 0.356. The molecule has 0 amide bonds. The Bertz CT molecular complexity index is 1640. The maximum atomic E-state index is 14.2. The molecule has 0 spiro atoms. The molecule has 1 unspecified atom stereocenters. The monoisotopic (exact) mass is 576 g/mol. The molecule has 1 atom stereocenters. The fraction of sp³-hybridized carbons (Fsp3) is 0.385. The second-order valence-electron chi connectivity index (χ2n) is 9.95. The van der Waals surface area contributed by atoms with Gasteiger partial charge in [0.25, 0.3) is 0 Å². The van der Waals surface area contributed by atoms with E-state index in [4.69, 9.17) is 0 Å². The van der Waals surface area contributed by atoms with Crippen LogP contribution in [0.5, 0.6) is 0 Å².